The van der Waals surface area contributed by atoms with Crippen molar-refractivity contribution >= 4 is 23.2 Å². The Morgan fingerprint density at radius 2 is 1.83 bits per heavy atom. The lowest BCUT2D eigenvalue weighted by molar-refractivity contribution is -0.143. The Balaban J connectivity index is 1.74. The van der Waals surface area contributed by atoms with Crippen molar-refractivity contribution < 1.29 is 19.1 Å². The number of Topliss-reactive ketones (excluding diaryl/α,β-unsaturated/α-hetero) is 2. The number of carbonyl (C=O) groups is 3. The smallest absolute Gasteiger partial charge is 0.338 e. The van der Waals surface area contributed by atoms with E-state index in [9.17, 15) is 14.4 Å². The standard InChI is InChI=1S/C19H23NO4/c1-18(2)14-9-10-19(18,16(22)15(14)21)11-24-17(23)12-5-7-13(8-6-12)20(3)4/h5-8,14H,9-11H2,1-4H3. The SMILES string of the molecule is CN(C)c1ccc(C(=O)OCC23CCC(C(=O)C2=O)C3(C)C)cc1. The van der Waals surface area contributed by atoms with Crippen LogP contribution in [0.5, 0.6) is 0 Å². The van der Waals surface area contributed by atoms with Gasteiger partial charge in [-0.25, -0.2) is 4.79 Å². The molecule has 0 N–H and O–H groups in total. The zero-order valence-electron chi connectivity index (χ0n) is 14.6. The van der Waals surface area contributed by atoms with Gasteiger partial charge in [0.15, 0.2) is 0 Å². The Labute approximate surface area is 142 Å². The fourth-order valence-corrected chi connectivity index (χ4v) is 4.16. The van der Waals surface area contributed by atoms with Gasteiger partial charge in [-0.1, -0.05) is 13.8 Å². The summed E-state index contributed by atoms with van der Waals surface area (Å²) in [4.78, 5) is 38.8. The predicted octanol–water partition coefficient (Wildman–Crippen LogP) is 2.48. The second kappa shape index (κ2) is 5.43. The summed E-state index contributed by atoms with van der Waals surface area (Å²) >= 11 is 0. The van der Waals surface area contributed by atoms with Crippen LogP contribution in [-0.2, 0) is 14.3 Å². The lowest BCUT2D eigenvalue weighted by Crippen LogP contribution is -2.42. The minimum absolute atomic E-state index is 0.0185. The van der Waals surface area contributed by atoms with E-state index in [1.165, 1.54) is 0 Å². The highest BCUT2D eigenvalue weighted by molar-refractivity contribution is 6.43. The lowest BCUT2D eigenvalue weighted by Gasteiger charge is -2.34. The van der Waals surface area contributed by atoms with Crippen molar-refractivity contribution in [1.29, 1.82) is 0 Å². The molecule has 0 radical (unpaired) electrons. The number of hydrogen-bond donors (Lipinski definition) is 0. The highest BCUT2D eigenvalue weighted by Gasteiger charge is 2.69. The van der Waals surface area contributed by atoms with Gasteiger partial charge in [0.25, 0.3) is 0 Å². The zero-order chi connectivity index (χ0) is 17.7. The molecule has 2 fully saturated rings. The third-order valence-corrected chi connectivity index (χ3v) is 6.01. The first-order valence-electron chi connectivity index (χ1n) is 8.24. The summed E-state index contributed by atoms with van der Waals surface area (Å²) in [6.45, 7) is 3.86. The molecular formula is C19H23NO4. The van der Waals surface area contributed by atoms with E-state index in [-0.39, 0.29) is 24.1 Å². The Bertz CT molecular complexity index is 705. The van der Waals surface area contributed by atoms with Crippen LogP contribution in [0.1, 0.15) is 37.0 Å². The Morgan fingerprint density at radius 3 is 2.33 bits per heavy atom. The van der Waals surface area contributed by atoms with Crippen LogP contribution in [0.3, 0.4) is 0 Å². The van der Waals surface area contributed by atoms with Gasteiger partial charge in [0.1, 0.15) is 6.61 Å². The van der Waals surface area contributed by atoms with E-state index in [4.69, 9.17) is 4.74 Å². The molecule has 24 heavy (non-hydrogen) atoms. The second-order valence-corrected chi connectivity index (χ2v) is 7.61. The Morgan fingerprint density at radius 1 is 1.21 bits per heavy atom. The van der Waals surface area contributed by atoms with Gasteiger partial charge in [-0.15, -0.1) is 0 Å². The number of anilines is 1. The first kappa shape index (κ1) is 16.7. The molecule has 0 aliphatic heterocycles. The third-order valence-electron chi connectivity index (χ3n) is 6.01. The van der Waals surface area contributed by atoms with Crippen LogP contribution in [0.2, 0.25) is 0 Å². The molecule has 2 bridgehead atoms. The largest absolute Gasteiger partial charge is 0.461 e. The summed E-state index contributed by atoms with van der Waals surface area (Å²) in [5.41, 5.74) is 0.132. The Kier molecular flexibility index (Phi) is 3.78. The molecule has 0 amide bonds. The molecule has 0 saturated heterocycles. The number of carbonyl (C=O) groups excluding carboxylic acids is 3. The van der Waals surface area contributed by atoms with Crippen molar-refractivity contribution in [3.63, 3.8) is 0 Å². The predicted molar refractivity (Wildman–Crippen MR) is 90.0 cm³/mol. The summed E-state index contributed by atoms with van der Waals surface area (Å²) in [5, 5.41) is 0. The molecule has 1 aromatic rings. The molecule has 2 aliphatic rings. The van der Waals surface area contributed by atoms with Crippen LogP contribution < -0.4 is 4.90 Å². The van der Waals surface area contributed by atoms with Gasteiger partial charge in [-0.05, 0) is 42.5 Å². The van der Waals surface area contributed by atoms with Gasteiger partial charge in [0, 0.05) is 25.7 Å². The average molecular weight is 329 g/mol. The van der Waals surface area contributed by atoms with Crippen molar-refractivity contribution in [2.75, 3.05) is 25.6 Å². The van der Waals surface area contributed by atoms with Gasteiger partial charge in [0.05, 0.1) is 11.0 Å². The number of ether oxygens (including phenoxy) is 1. The normalized spacial score (nSPS) is 27.4. The van der Waals surface area contributed by atoms with E-state index in [0.717, 1.165) is 5.69 Å². The molecule has 2 atom stereocenters. The molecule has 2 saturated carbocycles. The molecule has 5 heteroatoms. The van der Waals surface area contributed by atoms with Gasteiger partial charge in [0.2, 0.25) is 11.6 Å². The summed E-state index contributed by atoms with van der Waals surface area (Å²) in [6.07, 6.45) is 1.31. The number of benzene rings is 1. The van der Waals surface area contributed by atoms with Crippen LogP contribution in [-0.4, -0.2) is 38.2 Å². The van der Waals surface area contributed by atoms with Crippen molar-refractivity contribution in [2.45, 2.75) is 26.7 Å². The second-order valence-electron chi connectivity index (χ2n) is 7.61. The minimum atomic E-state index is -0.853. The fourth-order valence-electron chi connectivity index (χ4n) is 4.16. The van der Waals surface area contributed by atoms with Crippen LogP contribution in [0.25, 0.3) is 0 Å². The number of nitrogens with zero attached hydrogens (tertiary/aromatic N) is 1. The van der Waals surface area contributed by atoms with Crippen molar-refractivity contribution in [3.05, 3.63) is 29.8 Å². The quantitative estimate of drug-likeness (QED) is 0.627. The maximum Gasteiger partial charge on any atom is 0.338 e. The van der Waals surface area contributed by atoms with Gasteiger partial charge in [-0.2, -0.15) is 0 Å². The highest BCUT2D eigenvalue weighted by atomic mass is 16.5. The topological polar surface area (TPSA) is 63.7 Å². The average Bonchev–Trinajstić information content (AvgIpc) is 2.88. The summed E-state index contributed by atoms with van der Waals surface area (Å²) in [5.74, 6) is -1.35. The Hall–Kier alpha value is -2.17. The first-order chi connectivity index (χ1) is 11.2. The van der Waals surface area contributed by atoms with E-state index in [1.54, 1.807) is 12.1 Å². The summed E-state index contributed by atoms with van der Waals surface area (Å²) in [6, 6.07) is 7.10. The van der Waals surface area contributed by atoms with Gasteiger partial charge in [-0.3, -0.25) is 9.59 Å². The van der Waals surface area contributed by atoms with E-state index >= 15 is 0 Å². The summed E-state index contributed by atoms with van der Waals surface area (Å²) < 4.78 is 5.46. The molecule has 0 heterocycles. The summed E-state index contributed by atoms with van der Waals surface area (Å²) in [7, 11) is 3.85. The number of hydrogen-bond acceptors (Lipinski definition) is 5. The van der Waals surface area contributed by atoms with E-state index in [0.29, 0.717) is 18.4 Å². The van der Waals surface area contributed by atoms with E-state index < -0.39 is 16.8 Å². The molecule has 2 aliphatic carbocycles. The molecule has 3 rings (SSSR count). The first-order valence-corrected chi connectivity index (χ1v) is 8.24. The van der Waals surface area contributed by atoms with Crippen LogP contribution >= 0.6 is 0 Å². The molecule has 5 nitrogen and oxygen atoms in total. The molecule has 128 valence electrons. The number of ketones is 2. The molecule has 0 aromatic heterocycles. The van der Waals surface area contributed by atoms with Crippen molar-refractivity contribution in [2.24, 2.45) is 16.7 Å². The maximum atomic E-state index is 12.4. The number of esters is 1. The minimum Gasteiger partial charge on any atom is -0.461 e. The number of rotatable bonds is 4. The molecular weight excluding hydrogens is 306 g/mol. The van der Waals surface area contributed by atoms with E-state index in [2.05, 4.69) is 0 Å². The molecule has 1 aromatic carbocycles. The zero-order valence-corrected chi connectivity index (χ0v) is 14.6. The van der Waals surface area contributed by atoms with Crippen molar-refractivity contribution in [3.8, 4) is 0 Å². The number of fused-ring (bicyclic) bond motifs is 2. The maximum absolute atomic E-state index is 12.4. The monoisotopic (exact) mass is 329 g/mol. The highest BCUT2D eigenvalue weighted by Crippen LogP contribution is 2.62. The molecule has 0 spiro atoms. The third kappa shape index (κ3) is 2.18. The van der Waals surface area contributed by atoms with Crippen LogP contribution in [0, 0.1) is 16.7 Å². The van der Waals surface area contributed by atoms with E-state index in [1.807, 2.05) is 45.0 Å². The molecule has 2 unspecified atom stereocenters. The van der Waals surface area contributed by atoms with Crippen LogP contribution in [0.15, 0.2) is 24.3 Å². The van der Waals surface area contributed by atoms with Crippen molar-refractivity contribution in [1.82, 2.24) is 0 Å². The van der Waals surface area contributed by atoms with Crippen LogP contribution in [0.4, 0.5) is 5.69 Å². The van der Waals surface area contributed by atoms with Gasteiger partial charge >= 0.3 is 5.97 Å². The lowest BCUT2D eigenvalue weighted by atomic mass is 9.69. The van der Waals surface area contributed by atoms with Gasteiger partial charge < -0.3 is 9.64 Å². The fraction of sp³-hybridized carbons (Fsp3) is 0.526.